The number of rotatable bonds is 8. The Morgan fingerprint density at radius 2 is 1.65 bits per heavy atom. The van der Waals surface area contributed by atoms with Crippen molar-refractivity contribution in [1.29, 1.82) is 0 Å². The molecule has 0 aromatic carbocycles. The van der Waals surface area contributed by atoms with Gasteiger partial charge in [0.2, 0.25) is 11.8 Å². The van der Waals surface area contributed by atoms with Gasteiger partial charge in [0.15, 0.2) is 0 Å². The fraction of sp³-hybridized carbons (Fsp3) is 0.833. The second kappa shape index (κ2) is 9.28. The molecule has 0 atom stereocenters. The van der Waals surface area contributed by atoms with Crippen molar-refractivity contribution in [3.05, 3.63) is 0 Å². The molecule has 17 heavy (non-hydrogen) atoms. The summed E-state index contributed by atoms with van der Waals surface area (Å²) < 4.78 is 0. The van der Waals surface area contributed by atoms with E-state index in [0.717, 1.165) is 12.8 Å². The predicted molar refractivity (Wildman–Crippen MR) is 70.1 cm³/mol. The highest BCUT2D eigenvalue weighted by Gasteiger charge is 2.15. The molecular formula is C12H23ClN2O2. The molecule has 0 saturated heterocycles. The molecular weight excluding hydrogens is 240 g/mol. The Labute approximate surface area is 109 Å². The van der Waals surface area contributed by atoms with E-state index in [0.29, 0.717) is 25.4 Å². The van der Waals surface area contributed by atoms with Crippen molar-refractivity contribution in [3.63, 3.8) is 0 Å². The van der Waals surface area contributed by atoms with Crippen LogP contribution in [0.15, 0.2) is 0 Å². The molecule has 0 aliphatic rings. The highest BCUT2D eigenvalue weighted by molar-refractivity contribution is 6.17. The lowest BCUT2D eigenvalue weighted by atomic mass is 10.2. The molecule has 4 nitrogen and oxygen atoms in total. The molecule has 0 saturated carbocycles. The van der Waals surface area contributed by atoms with Crippen LogP contribution in [0, 0.1) is 0 Å². The van der Waals surface area contributed by atoms with Crippen molar-refractivity contribution >= 4 is 23.4 Å². The van der Waals surface area contributed by atoms with Crippen molar-refractivity contribution in [1.82, 2.24) is 9.80 Å². The molecule has 0 radical (unpaired) electrons. The van der Waals surface area contributed by atoms with Gasteiger partial charge >= 0.3 is 0 Å². The number of hydrogen-bond donors (Lipinski definition) is 0. The fourth-order valence-corrected chi connectivity index (χ4v) is 1.72. The number of alkyl halides is 1. The summed E-state index contributed by atoms with van der Waals surface area (Å²) in [5, 5.41) is 0. The van der Waals surface area contributed by atoms with Gasteiger partial charge in [0.25, 0.3) is 0 Å². The summed E-state index contributed by atoms with van der Waals surface area (Å²) in [6, 6.07) is 0. The first-order valence-corrected chi connectivity index (χ1v) is 6.67. The van der Waals surface area contributed by atoms with Gasteiger partial charge in [-0.3, -0.25) is 9.59 Å². The minimum atomic E-state index is 0.00296. The van der Waals surface area contributed by atoms with Crippen LogP contribution in [-0.2, 0) is 9.59 Å². The van der Waals surface area contributed by atoms with E-state index in [-0.39, 0.29) is 18.4 Å². The third kappa shape index (κ3) is 6.51. The summed E-state index contributed by atoms with van der Waals surface area (Å²) in [6.45, 7) is 5.40. The van der Waals surface area contributed by atoms with Gasteiger partial charge in [0.1, 0.15) is 0 Å². The van der Waals surface area contributed by atoms with E-state index in [9.17, 15) is 9.59 Å². The second-order valence-corrected chi connectivity index (χ2v) is 4.34. The molecule has 0 aromatic heterocycles. The Bertz CT molecular complexity index is 243. The lowest BCUT2D eigenvalue weighted by molar-refractivity contribution is -0.139. The van der Waals surface area contributed by atoms with Crippen LogP contribution < -0.4 is 0 Å². The summed E-state index contributed by atoms with van der Waals surface area (Å²) in [6.07, 6.45) is 2.09. The topological polar surface area (TPSA) is 40.6 Å². The Morgan fingerprint density at radius 1 is 1.06 bits per heavy atom. The number of unbranched alkanes of at least 4 members (excludes halogenated alkanes) is 1. The number of nitrogens with zero attached hydrogens (tertiary/aromatic N) is 2. The summed E-state index contributed by atoms with van der Waals surface area (Å²) in [5.74, 6) is 0.592. The molecule has 0 N–H and O–H groups in total. The van der Waals surface area contributed by atoms with Crippen molar-refractivity contribution in [2.24, 2.45) is 0 Å². The first-order chi connectivity index (χ1) is 8.06. The standard InChI is InChI=1S/C12H23ClN2O2/c1-4-15(5-2)12(17)10-14(3)11(16)8-6-7-9-13/h4-10H2,1-3H3. The van der Waals surface area contributed by atoms with Gasteiger partial charge in [-0.2, -0.15) is 0 Å². The zero-order valence-electron chi connectivity index (χ0n) is 11.0. The molecule has 0 aromatic rings. The molecule has 0 rings (SSSR count). The molecule has 0 aliphatic carbocycles. The fourth-order valence-electron chi connectivity index (χ4n) is 1.53. The van der Waals surface area contributed by atoms with E-state index in [1.807, 2.05) is 13.8 Å². The van der Waals surface area contributed by atoms with Crippen LogP contribution in [0.4, 0.5) is 0 Å². The SMILES string of the molecule is CCN(CC)C(=O)CN(C)C(=O)CCCCCl. The normalized spacial score (nSPS) is 10.1. The van der Waals surface area contributed by atoms with Gasteiger partial charge in [-0.1, -0.05) is 0 Å². The van der Waals surface area contributed by atoms with E-state index in [1.54, 1.807) is 11.9 Å². The van der Waals surface area contributed by atoms with E-state index in [1.165, 1.54) is 4.90 Å². The van der Waals surface area contributed by atoms with Gasteiger partial charge in [-0.25, -0.2) is 0 Å². The summed E-state index contributed by atoms with van der Waals surface area (Å²) in [7, 11) is 1.67. The van der Waals surface area contributed by atoms with Crippen LogP contribution in [0.2, 0.25) is 0 Å². The quantitative estimate of drug-likeness (QED) is 0.494. The highest BCUT2D eigenvalue weighted by atomic mass is 35.5. The monoisotopic (exact) mass is 262 g/mol. The Balaban J connectivity index is 4.02. The third-order valence-electron chi connectivity index (χ3n) is 2.69. The number of carbonyl (C=O) groups is 2. The maximum absolute atomic E-state index is 11.8. The maximum Gasteiger partial charge on any atom is 0.242 e. The molecule has 5 heteroatoms. The summed E-state index contributed by atoms with van der Waals surface area (Å²) >= 11 is 5.54. The molecule has 2 amide bonds. The van der Waals surface area contributed by atoms with Crippen LogP contribution in [-0.4, -0.2) is 54.2 Å². The first kappa shape index (κ1) is 16.2. The molecule has 0 heterocycles. The minimum absolute atomic E-state index is 0.00296. The van der Waals surface area contributed by atoms with Crippen LogP contribution >= 0.6 is 11.6 Å². The lowest BCUT2D eigenvalue weighted by Crippen LogP contribution is -2.40. The smallest absolute Gasteiger partial charge is 0.242 e. The van der Waals surface area contributed by atoms with Gasteiger partial charge in [-0.05, 0) is 26.7 Å². The van der Waals surface area contributed by atoms with Crippen molar-refractivity contribution in [2.45, 2.75) is 33.1 Å². The molecule has 0 bridgehead atoms. The number of hydrogen-bond acceptors (Lipinski definition) is 2. The van der Waals surface area contributed by atoms with Gasteiger partial charge in [0.05, 0.1) is 6.54 Å². The molecule has 0 spiro atoms. The number of amides is 2. The van der Waals surface area contributed by atoms with Crippen LogP contribution in [0.25, 0.3) is 0 Å². The van der Waals surface area contributed by atoms with Gasteiger partial charge < -0.3 is 9.80 Å². The van der Waals surface area contributed by atoms with E-state index < -0.39 is 0 Å². The van der Waals surface area contributed by atoms with E-state index in [2.05, 4.69) is 0 Å². The summed E-state index contributed by atoms with van der Waals surface area (Å²) in [5.41, 5.74) is 0. The van der Waals surface area contributed by atoms with Crippen LogP contribution in [0.5, 0.6) is 0 Å². The minimum Gasteiger partial charge on any atom is -0.342 e. The van der Waals surface area contributed by atoms with Gasteiger partial charge in [0, 0.05) is 32.4 Å². The zero-order chi connectivity index (χ0) is 13.3. The first-order valence-electron chi connectivity index (χ1n) is 6.14. The Kier molecular flexibility index (Phi) is 8.86. The number of carbonyl (C=O) groups excluding carboxylic acids is 2. The Hall–Kier alpha value is -0.770. The molecule has 0 unspecified atom stereocenters. The van der Waals surface area contributed by atoms with Crippen molar-refractivity contribution in [3.8, 4) is 0 Å². The van der Waals surface area contributed by atoms with E-state index >= 15 is 0 Å². The molecule has 100 valence electrons. The zero-order valence-corrected chi connectivity index (χ0v) is 11.8. The highest BCUT2D eigenvalue weighted by Crippen LogP contribution is 2.01. The van der Waals surface area contributed by atoms with Crippen molar-refractivity contribution in [2.75, 3.05) is 32.6 Å². The van der Waals surface area contributed by atoms with Gasteiger partial charge in [-0.15, -0.1) is 11.6 Å². The molecule has 0 fully saturated rings. The summed E-state index contributed by atoms with van der Waals surface area (Å²) in [4.78, 5) is 26.6. The average Bonchev–Trinajstić information content (AvgIpc) is 2.30. The third-order valence-corrected chi connectivity index (χ3v) is 2.96. The number of halogens is 1. The average molecular weight is 263 g/mol. The number of likely N-dealkylation sites (N-methyl/N-ethyl adjacent to an activating group) is 2. The largest absolute Gasteiger partial charge is 0.342 e. The second-order valence-electron chi connectivity index (χ2n) is 3.96. The van der Waals surface area contributed by atoms with E-state index in [4.69, 9.17) is 11.6 Å². The van der Waals surface area contributed by atoms with Crippen molar-refractivity contribution < 1.29 is 9.59 Å². The maximum atomic E-state index is 11.8. The van der Waals surface area contributed by atoms with Crippen LogP contribution in [0.1, 0.15) is 33.1 Å². The molecule has 0 aliphatic heterocycles. The van der Waals surface area contributed by atoms with Crippen LogP contribution in [0.3, 0.4) is 0 Å². The predicted octanol–water partition coefficient (Wildman–Crippen LogP) is 1.72. The lowest BCUT2D eigenvalue weighted by Gasteiger charge is -2.23. The Morgan fingerprint density at radius 3 is 2.12 bits per heavy atom.